The fourth-order valence-corrected chi connectivity index (χ4v) is 8.52. The number of alkyl halides is 38. The van der Waals surface area contributed by atoms with Crippen molar-refractivity contribution in [3.05, 3.63) is 0 Å². The molecular weight excluding hydrogens is 1100 g/mol. The molecule has 0 saturated heterocycles. The van der Waals surface area contributed by atoms with Gasteiger partial charge in [-0.1, -0.05) is 32.6 Å². The first-order valence-corrected chi connectivity index (χ1v) is 19.6. The summed E-state index contributed by atoms with van der Waals surface area (Å²) >= 11 is 0. The van der Waals surface area contributed by atoms with Gasteiger partial charge in [0.15, 0.2) is 0 Å². The van der Waals surface area contributed by atoms with E-state index in [0.717, 1.165) is 0 Å². The number of hydrogen-bond acceptors (Lipinski definition) is 1. The highest BCUT2D eigenvalue weighted by atomic mass is 28.3. The van der Waals surface area contributed by atoms with Crippen LogP contribution in [-0.4, -0.2) is 115 Å². The Morgan fingerprint density at radius 2 is 0.441 bits per heavy atom. The topological polar surface area (TPSA) is 26.0 Å². The van der Waals surface area contributed by atoms with E-state index in [1.54, 1.807) is 0 Å². The van der Waals surface area contributed by atoms with Crippen LogP contribution in [0.4, 0.5) is 167 Å². The normalized spacial score (nSPS) is 16.8. The van der Waals surface area contributed by atoms with Crippen LogP contribution in [0.3, 0.4) is 0 Å². The Morgan fingerprint density at radius 1 is 0.250 bits per heavy atom. The Kier molecular flexibility index (Phi) is 17.3. The van der Waals surface area contributed by atoms with Crippen molar-refractivity contribution in [1.29, 1.82) is 0 Å². The fourth-order valence-electron chi connectivity index (χ4n) is 5.19. The molecular formula is C28H23F38NSi. The van der Waals surface area contributed by atoms with Crippen LogP contribution in [0.25, 0.3) is 0 Å². The second-order valence-corrected chi connectivity index (χ2v) is 18.8. The molecule has 40 heteroatoms. The van der Waals surface area contributed by atoms with Crippen molar-refractivity contribution in [1.82, 2.24) is 0 Å². The first-order valence-electron chi connectivity index (χ1n) is 16.9. The Labute approximate surface area is 352 Å². The van der Waals surface area contributed by atoms with Crippen molar-refractivity contribution >= 4 is 8.24 Å². The van der Waals surface area contributed by atoms with Crippen LogP contribution in [0, 0.1) is 0 Å². The molecule has 0 aliphatic rings. The van der Waals surface area contributed by atoms with Gasteiger partial charge in [-0.05, 0) is 18.1 Å². The van der Waals surface area contributed by atoms with Gasteiger partial charge in [0.2, 0.25) is 0 Å². The SMILES string of the molecule is CCCCCC[Si](N)(CCC(F)(F)C(F)(F)C(F)(F)C(F)(F)C(F)(F)C(F)(F)C(F)(F)C(F)(F)C(F)(F)F)CCC(F)(F)C(F)(F)C(F)(F)C(F)(F)C(F)(F)C(F)(F)C(F)(F)C(F)(F)C(F)(F)F. The van der Waals surface area contributed by atoms with Gasteiger partial charge >= 0.3 is 107 Å². The molecule has 0 heterocycles. The standard InChI is InChI=1S/C28H23F38NSi/c1-2-3-4-5-8-68(67,9-6-11(29,30)13(33,34)15(37,38)17(41,42)19(45,46)21(49,50)23(53,54)25(57,58)27(61,62)63)10-7-12(31,32)14(35,36)16(39,40)18(43,44)20(47,48)22(51,52)24(55,56)26(59,60)28(64,65)66/h2-10,67H2,1H3. The summed E-state index contributed by atoms with van der Waals surface area (Å²) in [4.78, 5) is 0. The molecule has 410 valence electrons. The van der Waals surface area contributed by atoms with E-state index < -0.39 is 159 Å². The van der Waals surface area contributed by atoms with Gasteiger partial charge in [-0.3, -0.25) is 0 Å². The van der Waals surface area contributed by atoms with E-state index in [1.807, 2.05) is 0 Å². The average molecular weight is 1120 g/mol. The van der Waals surface area contributed by atoms with Crippen LogP contribution in [-0.2, 0) is 0 Å². The zero-order chi connectivity index (χ0) is 55.9. The van der Waals surface area contributed by atoms with Crippen molar-refractivity contribution < 1.29 is 167 Å². The molecule has 0 aromatic heterocycles. The maximum atomic E-state index is 14.7. The van der Waals surface area contributed by atoms with Gasteiger partial charge in [0.1, 0.15) is 8.24 Å². The molecule has 0 rings (SSSR count). The second kappa shape index (κ2) is 17.9. The van der Waals surface area contributed by atoms with Crippen LogP contribution in [0.2, 0.25) is 18.1 Å². The molecule has 0 fully saturated rings. The third-order valence-corrected chi connectivity index (χ3v) is 13.6. The fraction of sp³-hybridized carbons (Fsp3) is 1.00. The number of rotatable bonds is 25. The van der Waals surface area contributed by atoms with Crippen LogP contribution >= 0.6 is 0 Å². The predicted molar refractivity (Wildman–Crippen MR) is 149 cm³/mol. The predicted octanol–water partition coefficient (Wildman–Crippen LogP) is 15.5. The highest BCUT2D eigenvalue weighted by molar-refractivity contribution is 6.76. The smallest absolute Gasteiger partial charge is 0.351 e. The maximum Gasteiger partial charge on any atom is 0.460 e. The van der Waals surface area contributed by atoms with Crippen molar-refractivity contribution in [2.45, 2.75) is 171 Å². The summed E-state index contributed by atoms with van der Waals surface area (Å²) in [6.07, 6.45) is -25.3. The Bertz CT molecular complexity index is 1590. The minimum Gasteiger partial charge on any atom is -0.351 e. The summed E-state index contributed by atoms with van der Waals surface area (Å²) in [5.74, 6) is -142. The van der Waals surface area contributed by atoms with Crippen molar-refractivity contribution in [2.75, 3.05) is 0 Å². The Balaban J connectivity index is 7.30. The van der Waals surface area contributed by atoms with E-state index in [2.05, 4.69) is 0 Å². The molecule has 0 bridgehead atoms. The van der Waals surface area contributed by atoms with Gasteiger partial charge in [0.25, 0.3) is 0 Å². The molecule has 0 aromatic carbocycles. The molecule has 0 aromatic rings. The number of hydrogen-bond donors (Lipinski definition) is 1. The van der Waals surface area contributed by atoms with Crippen LogP contribution in [0.1, 0.15) is 45.4 Å². The average Bonchev–Trinajstić information content (AvgIpc) is 3.13. The zero-order valence-electron chi connectivity index (χ0n) is 31.8. The van der Waals surface area contributed by atoms with Gasteiger partial charge < -0.3 is 5.40 Å². The lowest BCUT2D eigenvalue weighted by molar-refractivity contribution is -0.468. The minimum atomic E-state index is -9.42. The molecule has 0 saturated carbocycles. The molecule has 0 spiro atoms. The van der Waals surface area contributed by atoms with E-state index in [9.17, 15) is 167 Å². The molecule has 0 aliphatic heterocycles. The third kappa shape index (κ3) is 9.40. The first kappa shape index (κ1) is 65.5. The molecule has 1 nitrogen and oxygen atoms in total. The molecule has 2 N–H and O–H groups in total. The Hall–Kier alpha value is -2.48. The summed E-state index contributed by atoms with van der Waals surface area (Å²) in [6.45, 7) is 1.26. The summed E-state index contributed by atoms with van der Waals surface area (Å²) in [5, 5.41) is 5.35. The molecule has 0 atom stereocenters. The molecule has 0 amide bonds. The summed E-state index contributed by atoms with van der Waals surface area (Å²) in [6, 6.07) is -6.82. The lowest BCUT2D eigenvalue weighted by atomic mass is 9.87. The van der Waals surface area contributed by atoms with Gasteiger partial charge in [0.05, 0.1) is 0 Å². The van der Waals surface area contributed by atoms with Crippen LogP contribution in [0.15, 0.2) is 0 Å². The van der Waals surface area contributed by atoms with Crippen LogP contribution in [0.5, 0.6) is 0 Å². The molecule has 0 aliphatic carbocycles. The molecule has 0 unspecified atom stereocenters. The first-order chi connectivity index (χ1) is 29.0. The lowest BCUT2D eigenvalue weighted by Gasteiger charge is -2.44. The van der Waals surface area contributed by atoms with Gasteiger partial charge in [0, 0.05) is 12.8 Å². The third-order valence-electron chi connectivity index (χ3n) is 9.76. The lowest BCUT2D eigenvalue weighted by Crippen LogP contribution is -2.75. The quantitative estimate of drug-likeness (QED) is 0.0550. The van der Waals surface area contributed by atoms with Crippen molar-refractivity contribution in [2.24, 2.45) is 5.40 Å². The van der Waals surface area contributed by atoms with Crippen molar-refractivity contribution in [3.8, 4) is 0 Å². The number of halogens is 38. The van der Waals surface area contributed by atoms with Gasteiger partial charge in [-0.25, -0.2) is 0 Å². The summed E-state index contributed by atoms with van der Waals surface area (Å²) in [5.41, 5.74) is 0. The van der Waals surface area contributed by atoms with Gasteiger partial charge in [-0.2, -0.15) is 167 Å². The molecule has 0 radical (unpaired) electrons. The highest BCUT2D eigenvalue weighted by Crippen LogP contribution is 2.68. The molecule has 68 heavy (non-hydrogen) atoms. The summed E-state index contributed by atoms with van der Waals surface area (Å²) in [7, 11) is -5.75. The van der Waals surface area contributed by atoms with Gasteiger partial charge in [-0.15, -0.1) is 0 Å². The number of nitrogens with two attached hydrogens (primary N) is 1. The Morgan fingerprint density at radius 3 is 0.632 bits per heavy atom. The second-order valence-electron chi connectivity index (χ2n) is 14.6. The van der Waals surface area contributed by atoms with E-state index in [4.69, 9.17) is 5.40 Å². The number of unbranched alkanes of at least 4 members (excludes halogenated alkanes) is 3. The van der Waals surface area contributed by atoms with E-state index in [0.29, 0.717) is 0 Å². The van der Waals surface area contributed by atoms with E-state index in [1.165, 1.54) is 6.92 Å². The maximum absolute atomic E-state index is 14.7. The van der Waals surface area contributed by atoms with E-state index in [-0.39, 0.29) is 12.8 Å². The van der Waals surface area contributed by atoms with E-state index >= 15 is 0 Å². The monoisotopic (exact) mass is 1120 g/mol. The summed E-state index contributed by atoms with van der Waals surface area (Å²) < 4.78 is 520. The van der Waals surface area contributed by atoms with Crippen molar-refractivity contribution in [3.63, 3.8) is 0 Å². The van der Waals surface area contributed by atoms with Crippen LogP contribution < -0.4 is 5.40 Å². The largest absolute Gasteiger partial charge is 0.460 e. The highest BCUT2D eigenvalue weighted by Gasteiger charge is 2.98. The zero-order valence-corrected chi connectivity index (χ0v) is 32.8. The minimum absolute atomic E-state index is 0.00716.